The third kappa shape index (κ3) is 4.71. The van der Waals surface area contributed by atoms with Crippen LogP contribution in [0.4, 0.5) is 0 Å². The summed E-state index contributed by atoms with van der Waals surface area (Å²) >= 11 is 0. The molecule has 3 amide bonds. The SMILES string of the molecule is CC[C@]12C=CCN(Cc3ccccc3)C(=O)[C@H]1[C@H]1C(=O)N([C@@H](CO)C(C)C)C3C(=O)N(Cc4ccccc4)CC=C[C@@]31O2. The summed E-state index contributed by atoms with van der Waals surface area (Å²) in [6.45, 7) is 7.09. The van der Waals surface area contributed by atoms with Gasteiger partial charge in [0, 0.05) is 26.2 Å². The van der Waals surface area contributed by atoms with E-state index in [1.807, 2.05) is 106 Å². The van der Waals surface area contributed by atoms with Gasteiger partial charge in [-0.2, -0.15) is 0 Å². The Morgan fingerprint density at radius 1 is 0.814 bits per heavy atom. The molecule has 0 aromatic heterocycles. The van der Waals surface area contributed by atoms with Gasteiger partial charge in [-0.05, 0) is 23.5 Å². The summed E-state index contributed by atoms with van der Waals surface area (Å²) in [7, 11) is 0. The average Bonchev–Trinajstić information content (AvgIpc) is 3.31. The molecule has 4 aliphatic rings. The fourth-order valence-corrected chi connectivity index (χ4v) is 7.67. The van der Waals surface area contributed by atoms with Crippen molar-refractivity contribution in [1.29, 1.82) is 0 Å². The van der Waals surface area contributed by atoms with Crippen LogP contribution in [-0.4, -0.2) is 80.5 Å². The largest absolute Gasteiger partial charge is 0.394 e. The van der Waals surface area contributed by atoms with E-state index in [1.165, 1.54) is 0 Å². The average molecular weight is 584 g/mol. The van der Waals surface area contributed by atoms with Gasteiger partial charge in [0.05, 0.1) is 30.1 Å². The highest BCUT2D eigenvalue weighted by Gasteiger charge is 2.76. The Morgan fingerprint density at radius 3 is 1.91 bits per heavy atom. The molecule has 4 aliphatic heterocycles. The van der Waals surface area contributed by atoms with Crippen LogP contribution in [0.25, 0.3) is 0 Å². The normalized spacial score (nSPS) is 30.8. The number of nitrogens with zero attached hydrogens (tertiary/aromatic N) is 3. The molecule has 8 nitrogen and oxygen atoms in total. The molecule has 0 saturated carbocycles. The monoisotopic (exact) mass is 583 g/mol. The van der Waals surface area contributed by atoms with Crippen molar-refractivity contribution in [3.8, 4) is 0 Å². The Kier molecular flexibility index (Phi) is 7.77. The molecule has 2 fully saturated rings. The molecule has 0 radical (unpaired) electrons. The van der Waals surface area contributed by atoms with Gasteiger partial charge in [-0.15, -0.1) is 0 Å². The first kappa shape index (κ1) is 29.3. The summed E-state index contributed by atoms with van der Waals surface area (Å²) in [6, 6.07) is 18.0. The summed E-state index contributed by atoms with van der Waals surface area (Å²) in [5, 5.41) is 10.6. The van der Waals surface area contributed by atoms with E-state index in [9.17, 15) is 19.5 Å². The van der Waals surface area contributed by atoms with Gasteiger partial charge in [0.2, 0.25) is 17.7 Å². The molecule has 2 aromatic carbocycles. The summed E-state index contributed by atoms with van der Waals surface area (Å²) < 4.78 is 7.08. The molecule has 6 atom stereocenters. The van der Waals surface area contributed by atoms with E-state index in [2.05, 4.69) is 0 Å². The minimum absolute atomic E-state index is 0.123. The highest BCUT2D eigenvalue weighted by molar-refractivity contribution is 6.00. The topological polar surface area (TPSA) is 90.4 Å². The van der Waals surface area contributed by atoms with Crippen molar-refractivity contribution in [2.24, 2.45) is 17.8 Å². The van der Waals surface area contributed by atoms with Crippen LogP contribution in [0.1, 0.15) is 38.3 Å². The number of hydrogen-bond acceptors (Lipinski definition) is 5. The number of fused-ring (bicyclic) bond motifs is 2. The van der Waals surface area contributed by atoms with Gasteiger partial charge in [-0.25, -0.2) is 0 Å². The van der Waals surface area contributed by atoms with Crippen LogP contribution in [0.2, 0.25) is 0 Å². The second-order valence-corrected chi connectivity index (χ2v) is 12.6. The Labute approximate surface area is 253 Å². The molecule has 2 saturated heterocycles. The maximum atomic E-state index is 14.7. The Hall–Kier alpha value is -3.75. The predicted molar refractivity (Wildman–Crippen MR) is 162 cm³/mol. The van der Waals surface area contributed by atoms with E-state index >= 15 is 0 Å². The van der Waals surface area contributed by atoms with Gasteiger partial charge in [0.15, 0.2) is 0 Å². The van der Waals surface area contributed by atoms with Gasteiger partial charge in [-0.3, -0.25) is 14.4 Å². The summed E-state index contributed by atoms with van der Waals surface area (Å²) in [5.41, 5.74) is -0.412. The molecule has 0 aliphatic carbocycles. The number of rotatable bonds is 8. The zero-order valence-corrected chi connectivity index (χ0v) is 25.1. The van der Waals surface area contributed by atoms with E-state index < -0.39 is 35.1 Å². The number of hydrogen-bond donors (Lipinski definition) is 1. The third-order valence-corrected chi connectivity index (χ3v) is 9.79. The first-order valence-corrected chi connectivity index (χ1v) is 15.4. The lowest BCUT2D eigenvalue weighted by Gasteiger charge is -2.41. The van der Waals surface area contributed by atoms with Crippen LogP contribution >= 0.6 is 0 Å². The van der Waals surface area contributed by atoms with Crippen molar-refractivity contribution >= 4 is 17.7 Å². The minimum atomic E-state index is -1.35. The van der Waals surface area contributed by atoms with Crippen LogP contribution in [0.15, 0.2) is 85.0 Å². The van der Waals surface area contributed by atoms with Gasteiger partial charge in [-0.1, -0.05) is 106 Å². The van der Waals surface area contributed by atoms with E-state index in [0.29, 0.717) is 32.6 Å². The first-order chi connectivity index (χ1) is 20.8. The van der Waals surface area contributed by atoms with E-state index in [4.69, 9.17) is 4.74 Å². The molecule has 8 heteroatoms. The van der Waals surface area contributed by atoms with Gasteiger partial charge in [0.1, 0.15) is 11.6 Å². The third-order valence-electron chi connectivity index (χ3n) is 9.79. The second-order valence-electron chi connectivity index (χ2n) is 12.6. The number of ether oxygens (including phenoxy) is 1. The quantitative estimate of drug-likeness (QED) is 0.480. The predicted octanol–water partition coefficient (Wildman–Crippen LogP) is 3.56. The lowest BCUT2D eigenvalue weighted by atomic mass is 9.73. The first-order valence-electron chi connectivity index (χ1n) is 15.4. The van der Waals surface area contributed by atoms with Crippen LogP contribution in [0.3, 0.4) is 0 Å². The minimum Gasteiger partial charge on any atom is -0.394 e. The lowest BCUT2D eigenvalue weighted by Crippen LogP contribution is -2.59. The number of likely N-dealkylation sites (tertiary alicyclic amines) is 1. The van der Waals surface area contributed by atoms with E-state index in [1.54, 1.807) is 14.7 Å². The van der Waals surface area contributed by atoms with Crippen molar-refractivity contribution in [1.82, 2.24) is 14.7 Å². The molecule has 0 bridgehead atoms. The van der Waals surface area contributed by atoms with E-state index in [-0.39, 0.29) is 30.2 Å². The zero-order chi connectivity index (χ0) is 30.4. The Balaban J connectivity index is 1.46. The maximum absolute atomic E-state index is 14.7. The van der Waals surface area contributed by atoms with E-state index in [0.717, 1.165) is 11.1 Å². The molecule has 226 valence electrons. The van der Waals surface area contributed by atoms with Crippen molar-refractivity contribution in [2.45, 2.75) is 63.6 Å². The number of benzene rings is 2. The van der Waals surface area contributed by atoms with Gasteiger partial charge < -0.3 is 24.5 Å². The summed E-state index contributed by atoms with van der Waals surface area (Å²) in [6.07, 6.45) is 8.19. The molecule has 6 rings (SSSR count). The fraction of sp³-hybridized carbons (Fsp3) is 0.457. The number of aliphatic hydroxyl groups is 1. The number of carbonyl (C=O) groups is 3. The molecule has 1 unspecified atom stereocenters. The fourth-order valence-electron chi connectivity index (χ4n) is 7.67. The van der Waals surface area contributed by atoms with Crippen LogP contribution < -0.4 is 0 Å². The number of amides is 3. The molecule has 1 spiro atoms. The molecule has 1 N–H and O–H groups in total. The Morgan fingerprint density at radius 2 is 1.37 bits per heavy atom. The second kappa shape index (κ2) is 11.4. The molecule has 43 heavy (non-hydrogen) atoms. The van der Waals surface area contributed by atoms with Gasteiger partial charge in [0.25, 0.3) is 0 Å². The zero-order valence-electron chi connectivity index (χ0n) is 25.1. The highest BCUT2D eigenvalue weighted by atomic mass is 16.5. The van der Waals surface area contributed by atoms with Gasteiger partial charge >= 0.3 is 0 Å². The summed E-state index contributed by atoms with van der Waals surface area (Å²) in [4.78, 5) is 49.1. The van der Waals surface area contributed by atoms with Crippen molar-refractivity contribution in [2.75, 3.05) is 19.7 Å². The van der Waals surface area contributed by atoms with Crippen molar-refractivity contribution in [3.05, 3.63) is 96.1 Å². The Bertz CT molecular complexity index is 1430. The number of aliphatic hydroxyl groups excluding tert-OH is 1. The summed E-state index contributed by atoms with van der Waals surface area (Å²) in [5.74, 6) is -2.53. The highest BCUT2D eigenvalue weighted by Crippen LogP contribution is 2.59. The standard InChI is InChI=1S/C35H41N3O5/c1-4-34-17-11-19-36(21-25-13-7-5-8-14-25)31(40)28(34)29-32(41)38(27(23-39)24(2)3)30-33(42)37(20-12-18-35(29,30)43-34)22-26-15-9-6-10-16-26/h5-18,24,27-30,39H,4,19-23H2,1-3H3/t27-,28+,29-,30?,34-,35-/m0/s1. The molecular formula is C35H41N3O5. The number of carbonyl (C=O) groups excluding carboxylic acids is 3. The molecular weight excluding hydrogens is 542 g/mol. The molecule has 2 aromatic rings. The van der Waals surface area contributed by atoms with Crippen LogP contribution in [0.5, 0.6) is 0 Å². The lowest BCUT2D eigenvalue weighted by molar-refractivity contribution is -0.158. The smallest absolute Gasteiger partial charge is 0.249 e. The molecule has 4 heterocycles. The van der Waals surface area contributed by atoms with Crippen LogP contribution in [0, 0.1) is 17.8 Å². The maximum Gasteiger partial charge on any atom is 0.249 e. The van der Waals surface area contributed by atoms with Crippen LogP contribution in [-0.2, 0) is 32.2 Å². The van der Waals surface area contributed by atoms with Crippen molar-refractivity contribution in [3.63, 3.8) is 0 Å². The van der Waals surface area contributed by atoms with Crippen molar-refractivity contribution < 1.29 is 24.2 Å².